The first-order valence-corrected chi connectivity index (χ1v) is 5.86. The molecular weight excluding hydrogens is 214 g/mol. The van der Waals surface area contributed by atoms with E-state index in [-0.39, 0.29) is 5.41 Å². The van der Waals surface area contributed by atoms with Gasteiger partial charge >= 0.3 is 0 Å². The minimum absolute atomic E-state index is 0.0789. The average Bonchev–Trinajstić information content (AvgIpc) is 2.29. The average molecular weight is 237 g/mol. The van der Waals surface area contributed by atoms with Gasteiger partial charge in [0.05, 0.1) is 13.8 Å². The molecule has 0 heterocycles. The van der Waals surface area contributed by atoms with Crippen molar-refractivity contribution in [3.63, 3.8) is 0 Å². The quantitative estimate of drug-likeness (QED) is 0.609. The van der Waals surface area contributed by atoms with E-state index in [1.54, 1.807) is 14.2 Å². The van der Waals surface area contributed by atoms with Crippen LogP contribution in [0.5, 0.6) is 5.75 Å². The van der Waals surface area contributed by atoms with Gasteiger partial charge in [-0.25, -0.2) is 0 Å². The molecule has 0 aliphatic rings. The van der Waals surface area contributed by atoms with Crippen LogP contribution in [0, 0.1) is 6.92 Å². The number of hydrogen-bond donors (Lipinski definition) is 1. The molecule has 0 saturated heterocycles. The van der Waals surface area contributed by atoms with Crippen molar-refractivity contribution < 1.29 is 9.47 Å². The molecule has 1 aromatic rings. The summed E-state index contributed by atoms with van der Waals surface area (Å²) in [6.07, 6.45) is 0. The van der Waals surface area contributed by atoms with Gasteiger partial charge in [-0.3, -0.25) is 5.32 Å². The first kappa shape index (κ1) is 14.0. The first-order chi connectivity index (χ1) is 8.01. The second-order valence-corrected chi connectivity index (χ2v) is 4.93. The fourth-order valence-electron chi connectivity index (χ4n) is 1.87. The maximum atomic E-state index is 5.28. The maximum absolute atomic E-state index is 5.28. The van der Waals surface area contributed by atoms with E-state index in [0.717, 1.165) is 12.3 Å². The Labute approximate surface area is 104 Å². The maximum Gasteiger partial charge on any atom is 0.121 e. The Morgan fingerprint density at radius 1 is 1.24 bits per heavy atom. The van der Waals surface area contributed by atoms with Crippen molar-refractivity contribution in [3.8, 4) is 5.75 Å². The van der Waals surface area contributed by atoms with Crippen LogP contribution in [0.1, 0.15) is 25.0 Å². The fourth-order valence-corrected chi connectivity index (χ4v) is 1.87. The molecule has 0 fully saturated rings. The van der Waals surface area contributed by atoms with Crippen LogP contribution in [0.4, 0.5) is 0 Å². The monoisotopic (exact) mass is 237 g/mol. The van der Waals surface area contributed by atoms with Crippen LogP contribution in [-0.4, -0.2) is 27.5 Å². The van der Waals surface area contributed by atoms with Crippen molar-refractivity contribution in [2.45, 2.75) is 26.2 Å². The summed E-state index contributed by atoms with van der Waals surface area (Å²) in [5.74, 6) is 0.939. The molecule has 1 N–H and O–H groups in total. The first-order valence-electron chi connectivity index (χ1n) is 5.86. The van der Waals surface area contributed by atoms with Crippen molar-refractivity contribution in [2.24, 2.45) is 0 Å². The highest BCUT2D eigenvalue weighted by Gasteiger charge is 2.20. The summed E-state index contributed by atoms with van der Waals surface area (Å²) in [4.78, 5) is 0. The van der Waals surface area contributed by atoms with Gasteiger partial charge in [0, 0.05) is 19.1 Å². The molecular formula is C14H23NO2. The van der Waals surface area contributed by atoms with Gasteiger partial charge in [0.2, 0.25) is 0 Å². The zero-order valence-electron chi connectivity index (χ0n) is 11.5. The van der Waals surface area contributed by atoms with E-state index >= 15 is 0 Å². The molecule has 1 rings (SSSR count). The minimum atomic E-state index is 0.0789. The van der Waals surface area contributed by atoms with E-state index in [1.807, 2.05) is 6.07 Å². The number of ether oxygens (including phenoxy) is 2. The van der Waals surface area contributed by atoms with E-state index < -0.39 is 0 Å². The van der Waals surface area contributed by atoms with Crippen LogP contribution in [0.25, 0.3) is 0 Å². The van der Waals surface area contributed by atoms with Gasteiger partial charge < -0.3 is 9.47 Å². The molecule has 0 amide bonds. The summed E-state index contributed by atoms with van der Waals surface area (Å²) in [6.45, 7) is 7.97. The SMILES string of the molecule is COCNCC(C)(C)c1ccc(OC)c(C)c1. The molecule has 3 heteroatoms. The molecule has 0 bridgehead atoms. The molecule has 0 saturated carbocycles. The summed E-state index contributed by atoms with van der Waals surface area (Å²) in [5.41, 5.74) is 2.56. The molecule has 0 radical (unpaired) electrons. The second kappa shape index (κ2) is 6.03. The Morgan fingerprint density at radius 2 is 1.94 bits per heavy atom. The smallest absolute Gasteiger partial charge is 0.121 e. The fraction of sp³-hybridized carbons (Fsp3) is 0.571. The van der Waals surface area contributed by atoms with E-state index in [0.29, 0.717) is 6.73 Å². The molecule has 96 valence electrons. The van der Waals surface area contributed by atoms with Crippen LogP contribution in [-0.2, 0) is 10.2 Å². The summed E-state index contributed by atoms with van der Waals surface area (Å²) in [6, 6.07) is 6.34. The van der Waals surface area contributed by atoms with Crippen LogP contribution in [0.3, 0.4) is 0 Å². The van der Waals surface area contributed by atoms with Gasteiger partial charge in [0.1, 0.15) is 5.75 Å². The largest absolute Gasteiger partial charge is 0.496 e. The number of rotatable bonds is 6. The van der Waals surface area contributed by atoms with Gasteiger partial charge in [0.15, 0.2) is 0 Å². The summed E-state index contributed by atoms with van der Waals surface area (Å²) < 4.78 is 10.3. The summed E-state index contributed by atoms with van der Waals surface area (Å²) >= 11 is 0. The molecule has 17 heavy (non-hydrogen) atoms. The van der Waals surface area contributed by atoms with Gasteiger partial charge in [-0.1, -0.05) is 26.0 Å². The molecule has 0 spiro atoms. The van der Waals surface area contributed by atoms with Crippen molar-refractivity contribution in [1.29, 1.82) is 0 Å². The van der Waals surface area contributed by atoms with Crippen molar-refractivity contribution in [2.75, 3.05) is 27.5 Å². The van der Waals surface area contributed by atoms with Gasteiger partial charge in [-0.2, -0.15) is 0 Å². The highest BCUT2D eigenvalue weighted by molar-refractivity contribution is 5.39. The van der Waals surface area contributed by atoms with Crippen LogP contribution >= 0.6 is 0 Å². The van der Waals surface area contributed by atoms with E-state index in [9.17, 15) is 0 Å². The lowest BCUT2D eigenvalue weighted by molar-refractivity contribution is 0.169. The molecule has 0 aliphatic carbocycles. The highest BCUT2D eigenvalue weighted by atomic mass is 16.5. The molecule has 3 nitrogen and oxygen atoms in total. The zero-order valence-corrected chi connectivity index (χ0v) is 11.5. The predicted molar refractivity (Wildman–Crippen MR) is 70.6 cm³/mol. The Hall–Kier alpha value is -1.06. The Morgan fingerprint density at radius 3 is 2.47 bits per heavy atom. The number of aryl methyl sites for hydroxylation is 1. The van der Waals surface area contributed by atoms with Gasteiger partial charge in [-0.05, 0) is 24.1 Å². The van der Waals surface area contributed by atoms with Crippen molar-refractivity contribution in [1.82, 2.24) is 5.32 Å². The lowest BCUT2D eigenvalue weighted by atomic mass is 9.84. The Kier molecular flexibility index (Phi) is 4.97. The van der Waals surface area contributed by atoms with Crippen LogP contribution in [0.15, 0.2) is 18.2 Å². The molecule has 0 aromatic heterocycles. The Balaban J connectivity index is 2.80. The normalized spacial score (nSPS) is 11.6. The van der Waals surface area contributed by atoms with E-state index in [2.05, 4.69) is 38.2 Å². The third-order valence-electron chi connectivity index (χ3n) is 2.99. The van der Waals surface area contributed by atoms with Crippen LogP contribution in [0.2, 0.25) is 0 Å². The third-order valence-corrected chi connectivity index (χ3v) is 2.99. The highest BCUT2D eigenvalue weighted by Crippen LogP contribution is 2.27. The number of nitrogens with one attached hydrogen (secondary N) is 1. The van der Waals surface area contributed by atoms with E-state index in [1.165, 1.54) is 11.1 Å². The van der Waals surface area contributed by atoms with Crippen molar-refractivity contribution >= 4 is 0 Å². The molecule has 0 unspecified atom stereocenters. The molecule has 0 aliphatic heterocycles. The lowest BCUT2D eigenvalue weighted by Gasteiger charge is -2.26. The van der Waals surface area contributed by atoms with Gasteiger partial charge in [0.25, 0.3) is 0 Å². The summed E-state index contributed by atoms with van der Waals surface area (Å²) in [5, 5.41) is 3.27. The van der Waals surface area contributed by atoms with Gasteiger partial charge in [-0.15, -0.1) is 0 Å². The second-order valence-electron chi connectivity index (χ2n) is 4.93. The molecule has 1 aromatic carbocycles. The Bertz CT molecular complexity index is 361. The number of hydrogen-bond acceptors (Lipinski definition) is 3. The van der Waals surface area contributed by atoms with E-state index in [4.69, 9.17) is 9.47 Å². The third kappa shape index (κ3) is 3.72. The topological polar surface area (TPSA) is 30.5 Å². The van der Waals surface area contributed by atoms with Crippen LogP contribution < -0.4 is 10.1 Å². The number of methoxy groups -OCH3 is 2. The summed E-state index contributed by atoms with van der Waals surface area (Å²) in [7, 11) is 3.39. The number of benzene rings is 1. The zero-order chi connectivity index (χ0) is 12.9. The van der Waals surface area contributed by atoms with Crippen molar-refractivity contribution in [3.05, 3.63) is 29.3 Å². The predicted octanol–water partition coefficient (Wildman–Crippen LogP) is 2.47. The molecule has 0 atom stereocenters. The standard InChI is InChI=1S/C14H23NO2/c1-11-8-12(6-7-13(11)17-5)14(2,3)9-15-10-16-4/h6-8,15H,9-10H2,1-5H3. The minimum Gasteiger partial charge on any atom is -0.496 e. The lowest BCUT2D eigenvalue weighted by Crippen LogP contribution is -2.34.